The Kier molecular flexibility index (Phi) is 8.09. The smallest absolute Gasteiger partial charge is 0.228 e. The summed E-state index contributed by atoms with van der Waals surface area (Å²) in [6.45, 7) is 3.75. The summed E-state index contributed by atoms with van der Waals surface area (Å²) in [6, 6.07) is 16.6. The number of amides is 1. The van der Waals surface area contributed by atoms with E-state index >= 15 is 0 Å². The van der Waals surface area contributed by atoms with Crippen LogP contribution in [-0.4, -0.2) is 48.7 Å². The van der Waals surface area contributed by atoms with Crippen LogP contribution in [0, 0.1) is 6.92 Å². The molecule has 1 amide bonds. The Morgan fingerprint density at radius 3 is 2.62 bits per heavy atom. The first-order valence-electron chi connectivity index (χ1n) is 10.0. The molecule has 0 aliphatic carbocycles. The Labute approximate surface area is 181 Å². The summed E-state index contributed by atoms with van der Waals surface area (Å²) in [7, 11) is 4.13. The van der Waals surface area contributed by atoms with Gasteiger partial charge in [0.25, 0.3) is 0 Å². The lowest BCUT2D eigenvalue weighted by Crippen LogP contribution is -2.33. The molecule has 0 unspecified atom stereocenters. The second kappa shape index (κ2) is 10.8. The largest absolute Gasteiger partial charge is 0.309 e. The minimum absolute atomic E-state index is 0.174. The normalized spacial score (nSPS) is 11.3. The number of nitrogens with zero attached hydrogens (tertiary/aromatic N) is 3. The average molecular weight is 428 g/mol. The molecular formula is C23H29N3OS2. The topological polar surface area (TPSA) is 36.4 Å². The van der Waals surface area contributed by atoms with Crippen LogP contribution >= 0.6 is 23.1 Å². The molecule has 0 spiro atoms. The van der Waals surface area contributed by atoms with Gasteiger partial charge in [0.1, 0.15) is 0 Å². The number of benzene rings is 2. The van der Waals surface area contributed by atoms with Gasteiger partial charge in [0.2, 0.25) is 5.91 Å². The van der Waals surface area contributed by atoms with Gasteiger partial charge in [0, 0.05) is 17.9 Å². The van der Waals surface area contributed by atoms with E-state index in [1.54, 1.807) is 23.1 Å². The minimum Gasteiger partial charge on any atom is -0.309 e. The van der Waals surface area contributed by atoms with Crippen molar-refractivity contribution in [2.45, 2.75) is 31.1 Å². The summed E-state index contributed by atoms with van der Waals surface area (Å²) in [6.07, 6.45) is 2.36. The summed E-state index contributed by atoms with van der Waals surface area (Å²) in [4.78, 5) is 23.1. The van der Waals surface area contributed by atoms with Crippen molar-refractivity contribution in [1.29, 1.82) is 0 Å². The Morgan fingerprint density at radius 1 is 1.07 bits per heavy atom. The number of carbonyl (C=O) groups excluding carboxylic acids is 1. The van der Waals surface area contributed by atoms with Crippen molar-refractivity contribution < 1.29 is 4.79 Å². The summed E-state index contributed by atoms with van der Waals surface area (Å²) in [5.41, 5.74) is 2.19. The Bertz CT molecular complexity index is 924. The van der Waals surface area contributed by atoms with Gasteiger partial charge in [-0.1, -0.05) is 35.6 Å². The Morgan fingerprint density at radius 2 is 1.86 bits per heavy atom. The summed E-state index contributed by atoms with van der Waals surface area (Å²) in [5.74, 6) is 1.12. The van der Waals surface area contributed by atoms with Crippen molar-refractivity contribution in [3.8, 4) is 0 Å². The van der Waals surface area contributed by atoms with Crippen LogP contribution in [0.3, 0.4) is 0 Å². The highest BCUT2D eigenvalue weighted by atomic mass is 32.2. The molecule has 1 aromatic heterocycles. The van der Waals surface area contributed by atoms with Crippen molar-refractivity contribution in [3.63, 3.8) is 0 Å². The maximum atomic E-state index is 13.0. The van der Waals surface area contributed by atoms with Crippen LogP contribution in [-0.2, 0) is 4.79 Å². The van der Waals surface area contributed by atoms with Crippen LogP contribution in [0.2, 0.25) is 0 Å². The van der Waals surface area contributed by atoms with Gasteiger partial charge >= 0.3 is 0 Å². The predicted octanol–water partition coefficient (Wildman–Crippen LogP) is 5.46. The number of aromatic nitrogens is 1. The van der Waals surface area contributed by atoms with E-state index in [1.807, 2.05) is 17.0 Å². The lowest BCUT2D eigenvalue weighted by atomic mass is 10.2. The lowest BCUT2D eigenvalue weighted by molar-refractivity contribution is -0.118. The second-order valence-electron chi connectivity index (χ2n) is 7.43. The number of aryl methyl sites for hydroxylation is 1. The van der Waals surface area contributed by atoms with Crippen molar-refractivity contribution in [1.82, 2.24) is 9.88 Å². The molecule has 6 heteroatoms. The highest BCUT2D eigenvalue weighted by Gasteiger charge is 2.19. The molecule has 2 aromatic carbocycles. The number of hydrogen-bond donors (Lipinski definition) is 0. The van der Waals surface area contributed by atoms with Gasteiger partial charge < -0.3 is 4.90 Å². The summed E-state index contributed by atoms with van der Waals surface area (Å²) in [5, 5.41) is 0.824. The fraction of sp³-hybridized carbons (Fsp3) is 0.391. The van der Waals surface area contributed by atoms with E-state index in [-0.39, 0.29) is 5.91 Å². The summed E-state index contributed by atoms with van der Waals surface area (Å²) < 4.78 is 1.14. The fourth-order valence-corrected chi connectivity index (χ4v) is 5.05. The van der Waals surface area contributed by atoms with Crippen LogP contribution in [0.15, 0.2) is 53.4 Å². The molecule has 1 heterocycles. The summed E-state index contributed by atoms with van der Waals surface area (Å²) >= 11 is 3.42. The molecule has 3 rings (SSSR count). The van der Waals surface area contributed by atoms with E-state index in [0.717, 1.165) is 40.5 Å². The third kappa shape index (κ3) is 6.56. The SMILES string of the molecule is Cc1ccc2nc(N(CCCN(C)C)C(=O)CCCSc3ccccc3)sc2c1. The molecule has 0 bridgehead atoms. The molecule has 0 atom stereocenters. The molecule has 0 fully saturated rings. The van der Waals surface area contributed by atoms with Crippen LogP contribution in [0.25, 0.3) is 10.2 Å². The number of fused-ring (bicyclic) bond motifs is 1. The zero-order valence-electron chi connectivity index (χ0n) is 17.4. The van der Waals surface area contributed by atoms with Gasteiger partial charge in [-0.3, -0.25) is 9.69 Å². The minimum atomic E-state index is 0.174. The van der Waals surface area contributed by atoms with Crippen LogP contribution in [0.5, 0.6) is 0 Å². The third-order valence-electron chi connectivity index (χ3n) is 4.60. The number of anilines is 1. The maximum absolute atomic E-state index is 13.0. The van der Waals surface area contributed by atoms with E-state index in [4.69, 9.17) is 4.98 Å². The van der Waals surface area contributed by atoms with Gasteiger partial charge in [0.15, 0.2) is 5.13 Å². The highest BCUT2D eigenvalue weighted by molar-refractivity contribution is 7.99. The molecule has 0 N–H and O–H groups in total. The molecule has 0 aliphatic heterocycles. The average Bonchev–Trinajstić information content (AvgIpc) is 3.11. The molecule has 0 saturated carbocycles. The molecule has 154 valence electrons. The number of rotatable bonds is 10. The lowest BCUT2D eigenvalue weighted by Gasteiger charge is -2.21. The van der Waals surface area contributed by atoms with E-state index in [9.17, 15) is 4.79 Å². The second-order valence-corrected chi connectivity index (χ2v) is 9.61. The molecule has 0 radical (unpaired) electrons. The van der Waals surface area contributed by atoms with Crippen molar-refractivity contribution in [3.05, 3.63) is 54.1 Å². The van der Waals surface area contributed by atoms with Crippen LogP contribution in [0.1, 0.15) is 24.8 Å². The quantitative estimate of drug-likeness (QED) is 0.318. The number of carbonyl (C=O) groups is 1. The highest BCUT2D eigenvalue weighted by Crippen LogP contribution is 2.30. The molecule has 3 aromatic rings. The van der Waals surface area contributed by atoms with E-state index in [0.29, 0.717) is 13.0 Å². The van der Waals surface area contributed by atoms with Gasteiger partial charge in [-0.2, -0.15) is 0 Å². The fourth-order valence-electron chi connectivity index (χ4n) is 3.07. The first-order valence-corrected chi connectivity index (χ1v) is 11.8. The van der Waals surface area contributed by atoms with Crippen LogP contribution < -0.4 is 4.90 Å². The van der Waals surface area contributed by atoms with E-state index in [2.05, 4.69) is 62.3 Å². The Hall–Kier alpha value is -1.89. The standard InChI is InChI=1S/C23H29N3OS2/c1-18-12-13-20-21(17-18)29-23(24-20)26(15-8-14-25(2)3)22(27)11-7-16-28-19-9-5-4-6-10-19/h4-6,9-10,12-13,17H,7-8,11,14-16H2,1-3H3. The third-order valence-corrected chi connectivity index (χ3v) is 6.74. The van der Waals surface area contributed by atoms with E-state index < -0.39 is 0 Å². The number of thioether (sulfide) groups is 1. The predicted molar refractivity (Wildman–Crippen MR) is 126 cm³/mol. The van der Waals surface area contributed by atoms with Gasteiger partial charge in [0.05, 0.1) is 10.2 Å². The number of thiazole rings is 1. The monoisotopic (exact) mass is 427 g/mol. The van der Waals surface area contributed by atoms with Gasteiger partial charge in [-0.05, 0) is 76.0 Å². The maximum Gasteiger partial charge on any atom is 0.228 e. The van der Waals surface area contributed by atoms with Crippen molar-refractivity contribution in [2.24, 2.45) is 0 Å². The molecule has 0 aliphatic rings. The molecular weight excluding hydrogens is 398 g/mol. The first kappa shape index (κ1) is 21.8. The molecule has 29 heavy (non-hydrogen) atoms. The molecule has 0 saturated heterocycles. The van der Waals surface area contributed by atoms with Gasteiger partial charge in [-0.25, -0.2) is 4.98 Å². The zero-order valence-corrected chi connectivity index (χ0v) is 19.1. The van der Waals surface area contributed by atoms with Crippen LogP contribution in [0.4, 0.5) is 5.13 Å². The van der Waals surface area contributed by atoms with Gasteiger partial charge in [-0.15, -0.1) is 11.8 Å². The Balaban J connectivity index is 1.64. The van der Waals surface area contributed by atoms with Crippen molar-refractivity contribution in [2.75, 3.05) is 37.8 Å². The van der Waals surface area contributed by atoms with Crippen molar-refractivity contribution >= 4 is 44.4 Å². The molecule has 4 nitrogen and oxygen atoms in total. The zero-order chi connectivity index (χ0) is 20.6. The van der Waals surface area contributed by atoms with E-state index in [1.165, 1.54) is 10.5 Å². The first-order chi connectivity index (χ1) is 14.0. The number of hydrogen-bond acceptors (Lipinski definition) is 5.